The van der Waals surface area contributed by atoms with Crippen molar-refractivity contribution < 1.29 is 19.3 Å². The Bertz CT molecular complexity index is 336. The standard InChI is InChI=1S/C9H10N2O4/c10-14-8(12)7(9(13)15-11)6-4-2-1-3-5-6/h1-5,7H,10-11H2. The zero-order valence-corrected chi connectivity index (χ0v) is 7.75. The Morgan fingerprint density at radius 3 is 1.87 bits per heavy atom. The van der Waals surface area contributed by atoms with Crippen molar-refractivity contribution in [1.29, 1.82) is 0 Å². The zero-order valence-electron chi connectivity index (χ0n) is 7.75. The normalized spacial score (nSPS) is 9.80. The van der Waals surface area contributed by atoms with Crippen molar-refractivity contribution in [2.75, 3.05) is 0 Å². The molecule has 0 fully saturated rings. The Labute approximate surface area is 85.7 Å². The molecule has 1 aromatic carbocycles. The molecule has 1 rings (SSSR count). The number of carbonyl (C=O) groups is 2. The molecule has 4 N–H and O–H groups in total. The molecule has 6 nitrogen and oxygen atoms in total. The molecule has 0 heterocycles. The number of carbonyl (C=O) groups excluding carboxylic acids is 2. The van der Waals surface area contributed by atoms with Crippen molar-refractivity contribution in [3.8, 4) is 0 Å². The fraction of sp³-hybridized carbons (Fsp3) is 0.111. The summed E-state index contributed by atoms with van der Waals surface area (Å²) in [6.45, 7) is 0. The van der Waals surface area contributed by atoms with Gasteiger partial charge < -0.3 is 9.68 Å². The molecule has 0 unspecified atom stereocenters. The molecule has 6 heteroatoms. The fourth-order valence-corrected chi connectivity index (χ4v) is 1.15. The van der Waals surface area contributed by atoms with Crippen molar-refractivity contribution in [2.24, 2.45) is 11.8 Å². The van der Waals surface area contributed by atoms with Crippen molar-refractivity contribution >= 4 is 11.9 Å². The Kier molecular flexibility index (Phi) is 3.78. The first-order chi connectivity index (χ1) is 7.20. The van der Waals surface area contributed by atoms with E-state index in [1.165, 1.54) is 0 Å². The van der Waals surface area contributed by atoms with E-state index in [1.54, 1.807) is 30.3 Å². The van der Waals surface area contributed by atoms with Gasteiger partial charge in [-0.3, -0.25) is 0 Å². The number of hydrogen-bond donors (Lipinski definition) is 2. The largest absolute Gasteiger partial charge is 0.372 e. The lowest BCUT2D eigenvalue weighted by Crippen LogP contribution is -2.29. The van der Waals surface area contributed by atoms with E-state index in [4.69, 9.17) is 11.8 Å². The monoisotopic (exact) mass is 210 g/mol. The lowest BCUT2D eigenvalue weighted by Gasteiger charge is -2.10. The highest BCUT2D eigenvalue weighted by Crippen LogP contribution is 2.17. The molecule has 0 saturated heterocycles. The Hall–Kier alpha value is -1.92. The molecule has 0 aliphatic carbocycles. The van der Waals surface area contributed by atoms with E-state index in [2.05, 4.69) is 9.68 Å². The van der Waals surface area contributed by atoms with Crippen LogP contribution in [0.2, 0.25) is 0 Å². The summed E-state index contributed by atoms with van der Waals surface area (Å²) >= 11 is 0. The van der Waals surface area contributed by atoms with E-state index in [0.29, 0.717) is 5.56 Å². The molecule has 0 atom stereocenters. The molecule has 15 heavy (non-hydrogen) atoms. The predicted octanol–water partition coefficient (Wildman–Crippen LogP) is -0.396. The van der Waals surface area contributed by atoms with Gasteiger partial charge >= 0.3 is 11.9 Å². The minimum atomic E-state index is -1.25. The SMILES string of the molecule is NOC(=O)C(C(=O)ON)c1ccccc1. The molecule has 0 bridgehead atoms. The van der Waals surface area contributed by atoms with E-state index in [0.717, 1.165) is 0 Å². The second kappa shape index (κ2) is 5.08. The molecule has 0 radical (unpaired) electrons. The van der Waals surface area contributed by atoms with Gasteiger partial charge in [0.15, 0.2) is 5.92 Å². The third-order valence-electron chi connectivity index (χ3n) is 1.84. The van der Waals surface area contributed by atoms with Gasteiger partial charge in [0, 0.05) is 0 Å². The maximum absolute atomic E-state index is 11.2. The quantitative estimate of drug-likeness (QED) is 0.519. The fourth-order valence-electron chi connectivity index (χ4n) is 1.15. The Balaban J connectivity index is 3.02. The van der Waals surface area contributed by atoms with Gasteiger partial charge in [0.2, 0.25) is 0 Å². The minimum Gasteiger partial charge on any atom is -0.372 e. The smallest absolute Gasteiger partial charge is 0.343 e. The summed E-state index contributed by atoms with van der Waals surface area (Å²) in [5.41, 5.74) is 0.406. The van der Waals surface area contributed by atoms with Crippen LogP contribution >= 0.6 is 0 Å². The topological polar surface area (TPSA) is 105 Å². The van der Waals surface area contributed by atoms with Crippen LogP contribution in [0.4, 0.5) is 0 Å². The first-order valence-corrected chi connectivity index (χ1v) is 4.06. The van der Waals surface area contributed by atoms with Crippen molar-refractivity contribution in [3.05, 3.63) is 35.9 Å². The molecule has 1 aromatic rings. The lowest BCUT2D eigenvalue weighted by atomic mass is 10.00. The Morgan fingerprint density at radius 2 is 1.47 bits per heavy atom. The third-order valence-corrected chi connectivity index (χ3v) is 1.84. The van der Waals surface area contributed by atoms with Crippen LogP contribution in [0, 0.1) is 0 Å². The van der Waals surface area contributed by atoms with Gasteiger partial charge in [-0.05, 0) is 5.56 Å². The maximum atomic E-state index is 11.2. The van der Waals surface area contributed by atoms with E-state index in [1.807, 2.05) is 0 Å². The van der Waals surface area contributed by atoms with Crippen LogP contribution in [-0.4, -0.2) is 11.9 Å². The van der Waals surface area contributed by atoms with E-state index in [9.17, 15) is 9.59 Å². The second-order valence-corrected chi connectivity index (χ2v) is 2.72. The van der Waals surface area contributed by atoms with Gasteiger partial charge in [-0.25, -0.2) is 9.59 Å². The summed E-state index contributed by atoms with van der Waals surface area (Å²) in [7, 11) is 0. The van der Waals surface area contributed by atoms with Crippen molar-refractivity contribution in [1.82, 2.24) is 0 Å². The van der Waals surface area contributed by atoms with Crippen LogP contribution in [0.25, 0.3) is 0 Å². The summed E-state index contributed by atoms with van der Waals surface area (Å²) < 4.78 is 0. The highest BCUT2D eigenvalue weighted by Gasteiger charge is 2.31. The molecule has 0 aliphatic heterocycles. The van der Waals surface area contributed by atoms with Crippen molar-refractivity contribution in [3.63, 3.8) is 0 Å². The van der Waals surface area contributed by atoms with Gasteiger partial charge in [-0.2, -0.15) is 11.8 Å². The second-order valence-electron chi connectivity index (χ2n) is 2.72. The summed E-state index contributed by atoms with van der Waals surface area (Å²) in [6, 6.07) is 8.20. The van der Waals surface area contributed by atoms with Gasteiger partial charge in [-0.15, -0.1) is 0 Å². The number of benzene rings is 1. The first-order valence-electron chi connectivity index (χ1n) is 4.06. The summed E-state index contributed by atoms with van der Waals surface area (Å²) in [5, 5.41) is 0. The average molecular weight is 210 g/mol. The van der Waals surface area contributed by atoms with Crippen LogP contribution in [0.5, 0.6) is 0 Å². The van der Waals surface area contributed by atoms with Crippen molar-refractivity contribution in [2.45, 2.75) is 5.92 Å². The number of rotatable bonds is 3. The summed E-state index contributed by atoms with van der Waals surface area (Å²) in [5.74, 6) is 6.32. The van der Waals surface area contributed by atoms with E-state index < -0.39 is 17.9 Å². The summed E-state index contributed by atoms with van der Waals surface area (Å²) in [6.07, 6.45) is 0. The molecule has 0 amide bonds. The van der Waals surface area contributed by atoms with Gasteiger partial charge in [0.1, 0.15) is 0 Å². The Morgan fingerprint density at radius 1 is 1.00 bits per heavy atom. The number of hydrogen-bond acceptors (Lipinski definition) is 6. The summed E-state index contributed by atoms with van der Waals surface area (Å²) in [4.78, 5) is 30.4. The lowest BCUT2D eigenvalue weighted by molar-refractivity contribution is -0.158. The molecule has 80 valence electrons. The maximum Gasteiger partial charge on any atom is 0.343 e. The predicted molar refractivity (Wildman–Crippen MR) is 49.7 cm³/mol. The van der Waals surface area contributed by atoms with Gasteiger partial charge in [0.05, 0.1) is 0 Å². The minimum absolute atomic E-state index is 0.406. The van der Waals surface area contributed by atoms with Gasteiger partial charge in [0.25, 0.3) is 0 Å². The zero-order chi connectivity index (χ0) is 11.3. The molecular formula is C9H10N2O4. The van der Waals surface area contributed by atoms with Crippen LogP contribution in [0.1, 0.15) is 11.5 Å². The highest BCUT2D eigenvalue weighted by molar-refractivity contribution is 6.00. The molecule has 0 aliphatic rings. The molecule has 0 aromatic heterocycles. The van der Waals surface area contributed by atoms with Gasteiger partial charge in [-0.1, -0.05) is 30.3 Å². The highest BCUT2D eigenvalue weighted by atomic mass is 16.7. The first kappa shape index (κ1) is 11.2. The molecule has 0 spiro atoms. The van der Waals surface area contributed by atoms with Crippen LogP contribution < -0.4 is 11.8 Å². The van der Waals surface area contributed by atoms with Crippen LogP contribution in [-0.2, 0) is 19.3 Å². The molecule has 0 saturated carbocycles. The number of nitrogens with two attached hydrogens (primary N) is 2. The van der Waals surface area contributed by atoms with E-state index in [-0.39, 0.29) is 0 Å². The van der Waals surface area contributed by atoms with E-state index >= 15 is 0 Å². The molecular weight excluding hydrogens is 200 g/mol. The van der Waals surface area contributed by atoms with Crippen LogP contribution in [0.15, 0.2) is 30.3 Å². The van der Waals surface area contributed by atoms with Crippen LogP contribution in [0.3, 0.4) is 0 Å². The average Bonchev–Trinajstić information content (AvgIpc) is 2.30. The third kappa shape index (κ3) is 2.52.